The van der Waals surface area contributed by atoms with E-state index in [0.29, 0.717) is 0 Å². The number of hydrogen-bond acceptors (Lipinski definition) is 5. The van der Waals surface area contributed by atoms with Gasteiger partial charge < -0.3 is 0 Å². The van der Waals surface area contributed by atoms with Crippen molar-refractivity contribution in [2.24, 2.45) is 5.10 Å². The van der Waals surface area contributed by atoms with Crippen molar-refractivity contribution in [2.75, 3.05) is 0 Å². The molecule has 0 bridgehead atoms. The molecule has 0 radical (unpaired) electrons. The first-order valence-corrected chi connectivity index (χ1v) is 7.76. The predicted molar refractivity (Wildman–Crippen MR) is 81.4 cm³/mol. The number of imidazole rings is 1. The Hall–Kier alpha value is -1.99. The van der Waals surface area contributed by atoms with E-state index in [4.69, 9.17) is 0 Å². The van der Waals surface area contributed by atoms with Gasteiger partial charge in [0.15, 0.2) is 4.96 Å². The van der Waals surface area contributed by atoms with E-state index in [9.17, 15) is 4.79 Å². The van der Waals surface area contributed by atoms with Crippen LogP contribution in [0.15, 0.2) is 40.4 Å². The van der Waals surface area contributed by atoms with Crippen LogP contribution >= 0.6 is 22.7 Å². The van der Waals surface area contributed by atoms with Gasteiger partial charge in [-0.15, -0.1) is 22.7 Å². The molecule has 102 valence electrons. The Kier molecular flexibility index (Phi) is 3.62. The summed E-state index contributed by atoms with van der Waals surface area (Å²) in [6, 6.07) is 3.93. The number of carbonyl (C=O) groups is 1. The van der Waals surface area contributed by atoms with Gasteiger partial charge in [-0.05, 0) is 18.4 Å². The summed E-state index contributed by atoms with van der Waals surface area (Å²) in [5, 5.41) is 8.04. The van der Waals surface area contributed by atoms with Crippen molar-refractivity contribution in [1.82, 2.24) is 14.8 Å². The summed E-state index contributed by atoms with van der Waals surface area (Å²) >= 11 is 3.14. The Balaban J connectivity index is 1.62. The summed E-state index contributed by atoms with van der Waals surface area (Å²) in [6.07, 6.45) is 4.02. The van der Waals surface area contributed by atoms with Crippen molar-refractivity contribution >= 4 is 39.3 Å². The molecule has 3 rings (SSSR count). The standard InChI is InChI=1S/C13H12N4OS2/c1-9(11-3-2-5-19-11)15-16-12(18)7-10-8-17-4-6-20-13(17)14-10/h2-6,8H,7H2,1H3,(H,16,18)/b15-9+. The quantitative estimate of drug-likeness (QED) is 0.595. The number of amides is 1. The lowest BCUT2D eigenvalue weighted by Crippen LogP contribution is -2.21. The number of rotatable bonds is 4. The van der Waals surface area contributed by atoms with Crippen molar-refractivity contribution < 1.29 is 4.79 Å². The molecule has 20 heavy (non-hydrogen) atoms. The van der Waals surface area contributed by atoms with Crippen LogP contribution in [-0.4, -0.2) is 21.0 Å². The lowest BCUT2D eigenvalue weighted by Gasteiger charge is -1.99. The molecule has 0 fully saturated rings. The molecule has 0 unspecified atom stereocenters. The van der Waals surface area contributed by atoms with Crippen LogP contribution in [0.1, 0.15) is 17.5 Å². The molecule has 0 aliphatic heterocycles. The number of thiophene rings is 1. The highest BCUT2D eigenvalue weighted by molar-refractivity contribution is 7.15. The van der Waals surface area contributed by atoms with Crippen molar-refractivity contribution in [1.29, 1.82) is 0 Å². The number of fused-ring (bicyclic) bond motifs is 1. The average molecular weight is 304 g/mol. The number of aromatic nitrogens is 2. The van der Waals surface area contributed by atoms with Gasteiger partial charge in [-0.3, -0.25) is 9.20 Å². The Labute approximate surface area is 123 Å². The van der Waals surface area contributed by atoms with Gasteiger partial charge in [0.25, 0.3) is 0 Å². The van der Waals surface area contributed by atoms with Crippen LogP contribution in [0.2, 0.25) is 0 Å². The summed E-state index contributed by atoms with van der Waals surface area (Å²) < 4.78 is 1.91. The maximum absolute atomic E-state index is 11.8. The summed E-state index contributed by atoms with van der Waals surface area (Å²) in [6.45, 7) is 1.87. The first-order chi connectivity index (χ1) is 9.72. The molecule has 3 aromatic rings. The normalized spacial score (nSPS) is 11.9. The van der Waals surface area contributed by atoms with Crippen LogP contribution in [-0.2, 0) is 11.2 Å². The highest BCUT2D eigenvalue weighted by Gasteiger charge is 2.08. The molecule has 0 aromatic carbocycles. The van der Waals surface area contributed by atoms with Crippen LogP contribution in [0.4, 0.5) is 0 Å². The third-order valence-corrected chi connectivity index (χ3v) is 4.46. The van der Waals surface area contributed by atoms with E-state index < -0.39 is 0 Å². The molecule has 0 saturated heterocycles. The minimum absolute atomic E-state index is 0.161. The smallest absolute Gasteiger partial charge is 0.246 e. The molecule has 7 heteroatoms. The number of thiazole rings is 1. The van der Waals surface area contributed by atoms with E-state index in [2.05, 4.69) is 15.5 Å². The maximum Gasteiger partial charge on any atom is 0.246 e. The SMILES string of the molecule is C/C(=N\NC(=O)Cc1cn2ccsc2n1)c1cccs1. The van der Waals surface area contributed by atoms with Crippen molar-refractivity contribution in [3.05, 3.63) is 45.9 Å². The molecule has 0 spiro atoms. The number of hydrogen-bond donors (Lipinski definition) is 1. The summed E-state index contributed by atoms with van der Waals surface area (Å²) in [7, 11) is 0. The van der Waals surface area contributed by atoms with Crippen LogP contribution in [0.25, 0.3) is 4.96 Å². The van der Waals surface area contributed by atoms with E-state index in [1.165, 1.54) is 0 Å². The predicted octanol–water partition coefficient (Wildman–Crippen LogP) is 2.54. The third kappa shape index (κ3) is 2.78. The average Bonchev–Trinajstić information content (AvgIpc) is 3.11. The zero-order valence-corrected chi connectivity index (χ0v) is 12.4. The van der Waals surface area contributed by atoms with Gasteiger partial charge >= 0.3 is 0 Å². The second-order valence-corrected chi connectivity index (χ2v) is 6.03. The lowest BCUT2D eigenvalue weighted by molar-refractivity contribution is -0.120. The van der Waals surface area contributed by atoms with Crippen LogP contribution < -0.4 is 5.43 Å². The summed E-state index contributed by atoms with van der Waals surface area (Å²) in [5.74, 6) is -0.161. The van der Waals surface area contributed by atoms with Gasteiger partial charge in [0.05, 0.1) is 17.8 Å². The fourth-order valence-electron chi connectivity index (χ4n) is 1.75. The largest absolute Gasteiger partial charge is 0.297 e. The zero-order chi connectivity index (χ0) is 13.9. The van der Waals surface area contributed by atoms with E-state index in [1.54, 1.807) is 22.7 Å². The molecule has 3 aromatic heterocycles. The molecule has 0 atom stereocenters. The molecule has 0 aliphatic carbocycles. The van der Waals surface area contributed by atoms with Crippen molar-refractivity contribution in [3.63, 3.8) is 0 Å². The van der Waals surface area contributed by atoms with Crippen LogP contribution in [0, 0.1) is 0 Å². The monoisotopic (exact) mass is 304 g/mol. The zero-order valence-electron chi connectivity index (χ0n) is 10.7. The molecule has 3 heterocycles. The van der Waals surface area contributed by atoms with Gasteiger partial charge in [-0.2, -0.15) is 5.10 Å². The Morgan fingerprint density at radius 3 is 3.10 bits per heavy atom. The minimum atomic E-state index is -0.161. The first kappa shape index (κ1) is 13.0. The van der Waals surface area contributed by atoms with Crippen molar-refractivity contribution in [3.8, 4) is 0 Å². The molecular weight excluding hydrogens is 292 g/mol. The minimum Gasteiger partial charge on any atom is -0.297 e. The number of carbonyl (C=O) groups excluding carboxylic acids is 1. The molecule has 5 nitrogen and oxygen atoms in total. The van der Waals surface area contributed by atoms with Crippen molar-refractivity contribution in [2.45, 2.75) is 13.3 Å². The van der Waals surface area contributed by atoms with Gasteiger partial charge in [0.2, 0.25) is 5.91 Å². The molecule has 0 aliphatic rings. The van der Waals surface area contributed by atoms with E-state index >= 15 is 0 Å². The van der Waals surface area contributed by atoms with Gasteiger partial charge in [-0.1, -0.05) is 6.07 Å². The molecule has 1 amide bonds. The summed E-state index contributed by atoms with van der Waals surface area (Å²) in [4.78, 5) is 18.1. The molecular formula is C13H12N4OS2. The second kappa shape index (κ2) is 5.56. The highest BCUT2D eigenvalue weighted by Crippen LogP contribution is 2.12. The van der Waals surface area contributed by atoms with Gasteiger partial charge in [-0.25, -0.2) is 10.4 Å². The second-order valence-electron chi connectivity index (χ2n) is 4.21. The van der Waals surface area contributed by atoms with Crippen LogP contribution in [0.3, 0.4) is 0 Å². The Morgan fingerprint density at radius 1 is 1.45 bits per heavy atom. The van der Waals surface area contributed by atoms with Gasteiger partial charge in [0.1, 0.15) is 0 Å². The third-order valence-electron chi connectivity index (χ3n) is 2.71. The number of nitrogens with zero attached hydrogens (tertiary/aromatic N) is 3. The Bertz CT molecular complexity index is 726. The van der Waals surface area contributed by atoms with Crippen LogP contribution in [0.5, 0.6) is 0 Å². The molecule has 1 N–H and O–H groups in total. The summed E-state index contributed by atoms with van der Waals surface area (Å²) in [5.41, 5.74) is 4.12. The Morgan fingerprint density at radius 2 is 2.35 bits per heavy atom. The van der Waals surface area contributed by atoms with E-state index in [1.807, 2.05) is 46.6 Å². The maximum atomic E-state index is 11.8. The number of nitrogens with one attached hydrogen (secondary N) is 1. The first-order valence-electron chi connectivity index (χ1n) is 6.00. The highest BCUT2D eigenvalue weighted by atomic mass is 32.1. The fourth-order valence-corrected chi connectivity index (χ4v) is 3.15. The molecule has 0 saturated carbocycles. The van der Waals surface area contributed by atoms with E-state index in [0.717, 1.165) is 21.2 Å². The number of hydrazone groups is 1. The van der Waals surface area contributed by atoms with Gasteiger partial charge in [0, 0.05) is 22.7 Å². The fraction of sp³-hybridized carbons (Fsp3) is 0.154. The topological polar surface area (TPSA) is 58.8 Å². The lowest BCUT2D eigenvalue weighted by atomic mass is 10.3. The van der Waals surface area contributed by atoms with E-state index in [-0.39, 0.29) is 12.3 Å².